The SMILES string of the molecule is COc1cc2ccccc2cc1C(=O)Nc1cc(C(F)(F)F)ccc1N1CCCC1. The maximum absolute atomic E-state index is 13.3. The van der Waals surface area contributed by atoms with Gasteiger partial charge in [-0.25, -0.2) is 0 Å². The predicted octanol–water partition coefficient (Wildman–Crippen LogP) is 5.72. The Balaban J connectivity index is 1.74. The summed E-state index contributed by atoms with van der Waals surface area (Å²) < 4.78 is 45.2. The van der Waals surface area contributed by atoms with E-state index in [0.29, 0.717) is 11.4 Å². The van der Waals surface area contributed by atoms with Crippen LogP contribution in [0, 0.1) is 0 Å². The molecule has 1 heterocycles. The summed E-state index contributed by atoms with van der Waals surface area (Å²) in [5.41, 5.74) is 0.202. The van der Waals surface area contributed by atoms with Crippen LogP contribution in [0.3, 0.4) is 0 Å². The van der Waals surface area contributed by atoms with Crippen LogP contribution in [0.5, 0.6) is 5.75 Å². The highest BCUT2D eigenvalue weighted by atomic mass is 19.4. The van der Waals surface area contributed by atoms with Crippen LogP contribution >= 0.6 is 0 Å². The van der Waals surface area contributed by atoms with Crippen molar-refractivity contribution < 1.29 is 22.7 Å². The first kappa shape index (κ1) is 20.1. The van der Waals surface area contributed by atoms with Crippen molar-refractivity contribution in [3.63, 3.8) is 0 Å². The van der Waals surface area contributed by atoms with Gasteiger partial charge in [-0.3, -0.25) is 4.79 Å². The van der Waals surface area contributed by atoms with E-state index in [4.69, 9.17) is 4.74 Å². The number of amides is 1. The van der Waals surface area contributed by atoms with Crippen LogP contribution in [0.1, 0.15) is 28.8 Å². The van der Waals surface area contributed by atoms with E-state index in [-0.39, 0.29) is 11.3 Å². The highest BCUT2D eigenvalue weighted by molar-refractivity contribution is 6.10. The van der Waals surface area contributed by atoms with E-state index < -0.39 is 17.6 Å². The number of alkyl halides is 3. The molecule has 3 aromatic carbocycles. The second-order valence-corrected chi connectivity index (χ2v) is 7.28. The quantitative estimate of drug-likeness (QED) is 0.594. The summed E-state index contributed by atoms with van der Waals surface area (Å²) in [6, 6.07) is 14.4. The molecule has 156 valence electrons. The van der Waals surface area contributed by atoms with Gasteiger partial charge in [-0.1, -0.05) is 24.3 Å². The molecule has 1 aliphatic rings. The van der Waals surface area contributed by atoms with Gasteiger partial charge < -0.3 is 15.0 Å². The van der Waals surface area contributed by atoms with Gasteiger partial charge in [0.25, 0.3) is 5.91 Å². The fourth-order valence-corrected chi connectivity index (χ4v) is 3.80. The number of carbonyl (C=O) groups excluding carboxylic acids is 1. The summed E-state index contributed by atoms with van der Waals surface area (Å²) in [6.07, 6.45) is -2.57. The van der Waals surface area contributed by atoms with Crippen molar-refractivity contribution in [2.45, 2.75) is 19.0 Å². The number of hydrogen-bond acceptors (Lipinski definition) is 3. The predicted molar refractivity (Wildman–Crippen MR) is 111 cm³/mol. The molecule has 7 heteroatoms. The van der Waals surface area contributed by atoms with Crippen LogP contribution in [0.15, 0.2) is 54.6 Å². The Kier molecular flexibility index (Phi) is 5.28. The third-order valence-corrected chi connectivity index (χ3v) is 5.33. The highest BCUT2D eigenvalue weighted by Crippen LogP contribution is 2.37. The van der Waals surface area contributed by atoms with Crippen LogP contribution in [0.25, 0.3) is 10.8 Å². The Bertz CT molecular complexity index is 1090. The fraction of sp³-hybridized carbons (Fsp3) is 0.261. The molecule has 1 fully saturated rings. The lowest BCUT2D eigenvalue weighted by atomic mass is 10.0. The van der Waals surface area contributed by atoms with E-state index in [1.165, 1.54) is 13.2 Å². The molecule has 3 aromatic rings. The molecule has 4 rings (SSSR count). The number of rotatable bonds is 4. The molecule has 0 aromatic heterocycles. The van der Waals surface area contributed by atoms with Gasteiger partial charge in [0.2, 0.25) is 0 Å². The number of carbonyl (C=O) groups is 1. The number of methoxy groups -OCH3 is 1. The van der Waals surface area contributed by atoms with Gasteiger partial charge in [0, 0.05) is 13.1 Å². The summed E-state index contributed by atoms with van der Waals surface area (Å²) in [5.74, 6) is -0.154. The first-order valence-corrected chi connectivity index (χ1v) is 9.71. The van der Waals surface area contributed by atoms with Crippen molar-refractivity contribution in [1.29, 1.82) is 0 Å². The van der Waals surface area contributed by atoms with E-state index in [0.717, 1.165) is 48.8 Å². The number of halogens is 3. The molecular formula is C23H21F3N2O2. The summed E-state index contributed by atoms with van der Waals surface area (Å²) in [7, 11) is 1.46. The third kappa shape index (κ3) is 3.92. The molecule has 0 aliphatic carbocycles. The Morgan fingerprint density at radius 2 is 1.67 bits per heavy atom. The normalized spacial score (nSPS) is 14.2. The van der Waals surface area contributed by atoms with Gasteiger partial charge >= 0.3 is 6.18 Å². The average molecular weight is 414 g/mol. The summed E-state index contributed by atoms with van der Waals surface area (Å²) in [4.78, 5) is 15.1. The minimum atomic E-state index is -4.50. The zero-order chi connectivity index (χ0) is 21.3. The Hall–Kier alpha value is -3.22. The van der Waals surface area contributed by atoms with E-state index in [2.05, 4.69) is 5.32 Å². The third-order valence-electron chi connectivity index (χ3n) is 5.33. The van der Waals surface area contributed by atoms with Crippen molar-refractivity contribution in [2.24, 2.45) is 0 Å². The summed E-state index contributed by atoms with van der Waals surface area (Å²) >= 11 is 0. The topological polar surface area (TPSA) is 41.6 Å². The fourth-order valence-electron chi connectivity index (χ4n) is 3.80. The van der Waals surface area contributed by atoms with Crippen LogP contribution < -0.4 is 15.0 Å². The second kappa shape index (κ2) is 7.89. The van der Waals surface area contributed by atoms with Gasteiger partial charge in [0.05, 0.1) is 29.6 Å². The summed E-state index contributed by atoms with van der Waals surface area (Å²) in [5, 5.41) is 4.44. The van der Waals surface area contributed by atoms with Crippen LogP contribution in [-0.4, -0.2) is 26.1 Å². The molecule has 1 N–H and O–H groups in total. The van der Waals surface area contributed by atoms with Crippen molar-refractivity contribution in [1.82, 2.24) is 0 Å². The second-order valence-electron chi connectivity index (χ2n) is 7.28. The maximum atomic E-state index is 13.3. The molecular weight excluding hydrogens is 393 g/mol. The minimum Gasteiger partial charge on any atom is -0.496 e. The maximum Gasteiger partial charge on any atom is 0.416 e. The number of fused-ring (bicyclic) bond motifs is 1. The highest BCUT2D eigenvalue weighted by Gasteiger charge is 2.32. The Morgan fingerprint density at radius 3 is 2.30 bits per heavy atom. The zero-order valence-corrected chi connectivity index (χ0v) is 16.4. The molecule has 0 radical (unpaired) electrons. The molecule has 0 atom stereocenters. The molecule has 0 spiro atoms. The van der Waals surface area contributed by atoms with E-state index in [9.17, 15) is 18.0 Å². The number of benzene rings is 3. The van der Waals surface area contributed by atoms with E-state index in [1.807, 2.05) is 29.2 Å². The van der Waals surface area contributed by atoms with E-state index >= 15 is 0 Å². The lowest BCUT2D eigenvalue weighted by Crippen LogP contribution is -2.22. The molecule has 1 saturated heterocycles. The van der Waals surface area contributed by atoms with Crippen LogP contribution in [0.2, 0.25) is 0 Å². The molecule has 30 heavy (non-hydrogen) atoms. The van der Waals surface area contributed by atoms with Crippen molar-refractivity contribution in [3.8, 4) is 5.75 Å². The van der Waals surface area contributed by atoms with Crippen LogP contribution in [-0.2, 0) is 6.18 Å². The number of hydrogen-bond donors (Lipinski definition) is 1. The number of nitrogens with one attached hydrogen (secondary N) is 1. The molecule has 1 amide bonds. The van der Waals surface area contributed by atoms with Gasteiger partial charge in [-0.05, 0) is 53.9 Å². The number of nitrogens with zero attached hydrogens (tertiary/aromatic N) is 1. The first-order valence-electron chi connectivity index (χ1n) is 9.71. The Labute approximate surface area is 172 Å². The molecule has 4 nitrogen and oxygen atoms in total. The summed E-state index contributed by atoms with van der Waals surface area (Å²) in [6.45, 7) is 1.49. The van der Waals surface area contributed by atoms with Crippen molar-refractivity contribution in [2.75, 3.05) is 30.4 Å². The standard InChI is InChI=1S/C23H21F3N2O2/c1-30-21-13-16-7-3-2-6-15(16)12-18(21)22(29)27-19-14-17(23(24,25)26)8-9-20(19)28-10-4-5-11-28/h2-3,6-9,12-14H,4-5,10-11H2,1H3,(H,27,29). The smallest absolute Gasteiger partial charge is 0.416 e. The van der Waals surface area contributed by atoms with Gasteiger partial charge in [-0.15, -0.1) is 0 Å². The molecule has 0 saturated carbocycles. The molecule has 0 unspecified atom stereocenters. The monoisotopic (exact) mass is 414 g/mol. The number of ether oxygens (including phenoxy) is 1. The van der Waals surface area contributed by atoms with Crippen LogP contribution in [0.4, 0.5) is 24.5 Å². The lowest BCUT2D eigenvalue weighted by Gasteiger charge is -2.23. The molecule has 1 aliphatic heterocycles. The van der Waals surface area contributed by atoms with Crippen molar-refractivity contribution in [3.05, 3.63) is 65.7 Å². The molecule has 0 bridgehead atoms. The van der Waals surface area contributed by atoms with Gasteiger partial charge in [0.15, 0.2) is 0 Å². The van der Waals surface area contributed by atoms with Crippen molar-refractivity contribution >= 4 is 28.1 Å². The zero-order valence-electron chi connectivity index (χ0n) is 16.4. The number of anilines is 2. The first-order chi connectivity index (χ1) is 14.4. The minimum absolute atomic E-state index is 0.145. The largest absolute Gasteiger partial charge is 0.496 e. The lowest BCUT2D eigenvalue weighted by molar-refractivity contribution is -0.137. The van der Waals surface area contributed by atoms with Gasteiger partial charge in [0.1, 0.15) is 5.75 Å². The average Bonchev–Trinajstić information content (AvgIpc) is 3.26. The van der Waals surface area contributed by atoms with E-state index in [1.54, 1.807) is 12.1 Å². The van der Waals surface area contributed by atoms with Gasteiger partial charge in [-0.2, -0.15) is 13.2 Å². The Morgan fingerprint density at radius 1 is 1.00 bits per heavy atom.